The quantitative estimate of drug-likeness (QED) is 0.267. The summed E-state index contributed by atoms with van der Waals surface area (Å²) in [5.41, 5.74) is 7.86. The fraction of sp³-hybridized carbons (Fsp3) is 1.00. The molecule has 6 heteroatoms. The first kappa shape index (κ1) is 9.19. The zero-order chi connectivity index (χ0) is 8.04. The maximum Gasteiger partial charge on any atom is 0.285 e. The van der Waals surface area contributed by atoms with E-state index in [4.69, 9.17) is 10.6 Å². The number of methoxy groups -OCH3 is 2. The Labute approximate surface area is 58.0 Å². The van der Waals surface area contributed by atoms with Crippen LogP contribution in [0.4, 0.5) is 0 Å². The summed E-state index contributed by atoms with van der Waals surface area (Å²) >= 11 is 0. The predicted molar refractivity (Wildman–Crippen MR) is 33.0 cm³/mol. The van der Waals surface area contributed by atoms with Gasteiger partial charge in [-0.25, -0.2) is 0 Å². The van der Waals surface area contributed by atoms with Crippen molar-refractivity contribution in [2.45, 2.75) is 5.97 Å². The second-order valence-corrected chi connectivity index (χ2v) is 1.51. The minimum Gasteiger partial charge on any atom is -0.343 e. The van der Waals surface area contributed by atoms with E-state index in [0.717, 1.165) is 0 Å². The molecule has 0 saturated carbocycles. The Hall–Kier alpha value is -0.810. The highest BCUT2D eigenvalue weighted by Crippen LogP contribution is 2.05. The molecule has 1 N–H and O–H groups in total. The third-order valence-corrected chi connectivity index (χ3v) is 0.972. The third-order valence-electron chi connectivity index (χ3n) is 0.972. The van der Waals surface area contributed by atoms with Gasteiger partial charge in [-0.05, 0) is 5.53 Å². The first-order valence-electron chi connectivity index (χ1n) is 2.52. The molecule has 0 aliphatic carbocycles. The van der Waals surface area contributed by atoms with Crippen LogP contribution < -0.4 is 0 Å². The minimum absolute atomic E-state index is 0.267. The number of hydrogen-bond acceptors (Lipinski definition) is 4. The second kappa shape index (κ2) is 4.08. The molecule has 0 saturated heterocycles. The van der Waals surface area contributed by atoms with Crippen LogP contribution >= 0.6 is 0 Å². The van der Waals surface area contributed by atoms with Crippen molar-refractivity contribution < 1.29 is 14.6 Å². The topological polar surface area (TPSA) is 87.5 Å². The first-order valence-corrected chi connectivity index (χ1v) is 2.52. The Bertz CT molecular complexity index is 139. The van der Waals surface area contributed by atoms with Crippen molar-refractivity contribution >= 4 is 0 Å². The van der Waals surface area contributed by atoms with Crippen LogP contribution in [-0.4, -0.2) is 31.8 Å². The normalized spacial score (nSPS) is 10.7. The monoisotopic (exact) mass is 147 g/mol. The maximum atomic E-state index is 9.05. The van der Waals surface area contributed by atoms with Crippen LogP contribution in [0.2, 0.25) is 0 Å². The van der Waals surface area contributed by atoms with Gasteiger partial charge in [0.05, 0.1) is 0 Å². The van der Waals surface area contributed by atoms with E-state index in [1.165, 1.54) is 14.2 Å². The molecule has 10 heavy (non-hydrogen) atoms. The van der Waals surface area contributed by atoms with E-state index >= 15 is 0 Å². The number of nitrogens with zero attached hydrogens (tertiary/aromatic N) is 3. The molecule has 6 nitrogen and oxygen atoms in total. The molecule has 0 bridgehead atoms. The Balaban J connectivity index is 3.92. The molecule has 58 valence electrons. The van der Waals surface area contributed by atoms with Gasteiger partial charge in [-0.2, -0.15) is 0 Å². The van der Waals surface area contributed by atoms with E-state index in [9.17, 15) is 0 Å². The molecular weight excluding hydrogens is 138 g/mol. The average Bonchev–Trinajstić information content (AvgIpc) is 2.00. The molecule has 0 aromatic rings. The Morgan fingerprint density at radius 1 is 1.60 bits per heavy atom. The summed E-state index contributed by atoms with van der Waals surface area (Å²) in [5.74, 6) is -1.79. The third kappa shape index (κ3) is 2.65. The molecule has 0 fully saturated rings. The summed E-state index contributed by atoms with van der Waals surface area (Å²) in [7, 11) is 2.49. The summed E-state index contributed by atoms with van der Waals surface area (Å²) in [5, 5.41) is 12.1. The van der Waals surface area contributed by atoms with Gasteiger partial charge in [-0.1, -0.05) is 5.11 Å². The lowest BCUT2D eigenvalue weighted by molar-refractivity contribution is -0.331. The van der Waals surface area contributed by atoms with Gasteiger partial charge in [0.15, 0.2) is 0 Å². The van der Waals surface area contributed by atoms with Crippen molar-refractivity contribution in [2.24, 2.45) is 5.11 Å². The number of rotatable bonds is 4. The highest BCUT2D eigenvalue weighted by molar-refractivity contribution is 4.57. The van der Waals surface area contributed by atoms with Crippen molar-refractivity contribution in [3.8, 4) is 0 Å². The Morgan fingerprint density at radius 3 is 2.40 bits per heavy atom. The number of azide groups is 1. The van der Waals surface area contributed by atoms with Crippen LogP contribution in [0.15, 0.2) is 5.11 Å². The van der Waals surface area contributed by atoms with Gasteiger partial charge in [-0.3, -0.25) is 0 Å². The fourth-order valence-corrected chi connectivity index (χ4v) is 0.333. The van der Waals surface area contributed by atoms with Crippen molar-refractivity contribution in [1.29, 1.82) is 0 Å². The summed E-state index contributed by atoms with van der Waals surface area (Å²) < 4.78 is 8.91. The molecule has 0 radical (unpaired) electrons. The van der Waals surface area contributed by atoms with Gasteiger partial charge < -0.3 is 14.6 Å². The molecule has 0 rings (SSSR count). The first-order chi connectivity index (χ1) is 4.68. The zero-order valence-electron chi connectivity index (χ0n) is 5.81. The summed E-state index contributed by atoms with van der Waals surface area (Å²) in [4.78, 5) is 2.42. The van der Waals surface area contributed by atoms with Crippen LogP contribution in [0.3, 0.4) is 0 Å². The van der Waals surface area contributed by atoms with Gasteiger partial charge in [0, 0.05) is 19.1 Å². The van der Waals surface area contributed by atoms with Crippen LogP contribution in [0, 0.1) is 0 Å². The van der Waals surface area contributed by atoms with Crippen LogP contribution in [0.25, 0.3) is 10.4 Å². The molecule has 0 aromatic carbocycles. The lowest BCUT2D eigenvalue weighted by atomic mass is 10.5. The second-order valence-electron chi connectivity index (χ2n) is 1.51. The molecule has 0 aromatic heterocycles. The molecule has 0 aliphatic rings. The Morgan fingerprint density at radius 2 is 2.10 bits per heavy atom. The van der Waals surface area contributed by atoms with E-state index in [1.54, 1.807) is 0 Å². The maximum absolute atomic E-state index is 9.05. The predicted octanol–water partition coefficient (Wildman–Crippen LogP) is 0.236. The minimum atomic E-state index is -1.79. The number of ether oxygens (including phenoxy) is 2. The van der Waals surface area contributed by atoms with Crippen molar-refractivity contribution in [1.82, 2.24) is 0 Å². The summed E-state index contributed by atoms with van der Waals surface area (Å²) in [6.45, 7) is -0.267. The summed E-state index contributed by atoms with van der Waals surface area (Å²) in [6, 6.07) is 0. The number of hydrogen-bond donors (Lipinski definition) is 1. The highest BCUT2D eigenvalue weighted by Gasteiger charge is 2.24. The lowest BCUT2D eigenvalue weighted by Crippen LogP contribution is -2.36. The van der Waals surface area contributed by atoms with E-state index < -0.39 is 5.97 Å². The van der Waals surface area contributed by atoms with Gasteiger partial charge in [0.1, 0.15) is 6.54 Å². The van der Waals surface area contributed by atoms with Gasteiger partial charge in [0.2, 0.25) is 0 Å². The van der Waals surface area contributed by atoms with Crippen molar-refractivity contribution in [2.75, 3.05) is 20.8 Å². The molecule has 0 amide bonds. The van der Waals surface area contributed by atoms with Gasteiger partial charge in [0.25, 0.3) is 5.97 Å². The molecule has 0 unspecified atom stereocenters. The fourth-order valence-electron chi connectivity index (χ4n) is 0.333. The van der Waals surface area contributed by atoms with Crippen molar-refractivity contribution in [3.63, 3.8) is 0 Å². The molecule has 0 heterocycles. The van der Waals surface area contributed by atoms with Crippen LogP contribution in [-0.2, 0) is 9.47 Å². The zero-order valence-corrected chi connectivity index (χ0v) is 5.81. The molecule has 0 aliphatic heterocycles. The van der Waals surface area contributed by atoms with Gasteiger partial charge in [-0.15, -0.1) is 0 Å². The van der Waals surface area contributed by atoms with Crippen molar-refractivity contribution in [3.05, 3.63) is 10.4 Å². The molecule has 0 atom stereocenters. The van der Waals surface area contributed by atoms with E-state index in [1.807, 2.05) is 0 Å². The number of aliphatic hydroxyl groups is 1. The van der Waals surface area contributed by atoms with E-state index in [-0.39, 0.29) is 6.54 Å². The SMILES string of the molecule is COC(O)(CN=[N+]=[N-])OC. The molecular formula is C4H9N3O3. The largest absolute Gasteiger partial charge is 0.343 e. The smallest absolute Gasteiger partial charge is 0.285 e. The van der Waals surface area contributed by atoms with Gasteiger partial charge >= 0.3 is 0 Å². The van der Waals surface area contributed by atoms with Crippen LogP contribution in [0.1, 0.15) is 0 Å². The lowest BCUT2D eigenvalue weighted by Gasteiger charge is -2.21. The standard InChI is InChI=1S/C4H9N3O3/c1-9-4(8,10-2)3-6-7-5/h8H,3H2,1-2H3. The van der Waals surface area contributed by atoms with E-state index in [2.05, 4.69) is 19.5 Å². The highest BCUT2D eigenvalue weighted by atomic mass is 16.8. The van der Waals surface area contributed by atoms with E-state index in [0.29, 0.717) is 0 Å². The molecule has 0 spiro atoms. The van der Waals surface area contributed by atoms with Crippen LogP contribution in [0.5, 0.6) is 0 Å². The Kier molecular flexibility index (Phi) is 3.75. The summed E-state index contributed by atoms with van der Waals surface area (Å²) in [6.07, 6.45) is 0. The average molecular weight is 147 g/mol.